The molecule has 4 rings (SSSR count). The highest BCUT2D eigenvalue weighted by atomic mass is 16.5. The number of esters is 1. The molecule has 3 aromatic carbocycles. The first-order chi connectivity index (χ1) is 15.0. The van der Waals surface area contributed by atoms with Crippen molar-refractivity contribution >= 4 is 22.9 Å². The second kappa shape index (κ2) is 8.44. The highest BCUT2D eigenvalue weighted by Gasteiger charge is 2.18. The Morgan fingerprint density at radius 2 is 1.68 bits per heavy atom. The molecule has 156 valence electrons. The number of fused-ring (bicyclic) bond motifs is 1. The van der Waals surface area contributed by atoms with Crippen LogP contribution in [0.3, 0.4) is 0 Å². The van der Waals surface area contributed by atoms with Crippen molar-refractivity contribution in [1.29, 1.82) is 0 Å². The lowest BCUT2D eigenvalue weighted by molar-refractivity contribution is 0.0602. The SMILES string of the molecule is CCc1nc2cccc(C(=O)OC)c2n1Cc1ccc(-c2ccccc2C(N)=O)cc1. The van der Waals surface area contributed by atoms with Crippen LogP contribution in [-0.4, -0.2) is 28.5 Å². The van der Waals surface area contributed by atoms with E-state index >= 15 is 0 Å². The fraction of sp³-hybridized carbons (Fsp3) is 0.160. The van der Waals surface area contributed by atoms with Crippen molar-refractivity contribution in [2.24, 2.45) is 5.73 Å². The van der Waals surface area contributed by atoms with Crippen LogP contribution in [0.4, 0.5) is 0 Å². The first kappa shape index (κ1) is 20.3. The Morgan fingerprint density at radius 3 is 2.35 bits per heavy atom. The van der Waals surface area contributed by atoms with Gasteiger partial charge in [0.15, 0.2) is 0 Å². The molecular formula is C25H23N3O3. The van der Waals surface area contributed by atoms with Crippen molar-refractivity contribution in [3.63, 3.8) is 0 Å². The summed E-state index contributed by atoms with van der Waals surface area (Å²) in [5, 5.41) is 0. The van der Waals surface area contributed by atoms with Crippen molar-refractivity contribution in [3.05, 3.63) is 89.2 Å². The summed E-state index contributed by atoms with van der Waals surface area (Å²) in [5.41, 5.74) is 10.8. The van der Waals surface area contributed by atoms with Crippen LogP contribution in [0.2, 0.25) is 0 Å². The summed E-state index contributed by atoms with van der Waals surface area (Å²) in [4.78, 5) is 28.8. The second-order valence-electron chi connectivity index (χ2n) is 7.24. The lowest BCUT2D eigenvalue weighted by atomic mass is 9.98. The van der Waals surface area contributed by atoms with Crippen LogP contribution in [0, 0.1) is 0 Å². The molecule has 1 aromatic heterocycles. The number of hydrogen-bond donors (Lipinski definition) is 1. The van der Waals surface area contributed by atoms with E-state index in [4.69, 9.17) is 15.5 Å². The summed E-state index contributed by atoms with van der Waals surface area (Å²) in [5.74, 6) is 0.0646. The number of aromatic nitrogens is 2. The van der Waals surface area contributed by atoms with Crippen molar-refractivity contribution in [2.75, 3.05) is 7.11 Å². The fourth-order valence-electron chi connectivity index (χ4n) is 3.87. The Balaban J connectivity index is 1.74. The zero-order valence-electron chi connectivity index (χ0n) is 17.5. The zero-order chi connectivity index (χ0) is 22.0. The van der Waals surface area contributed by atoms with Gasteiger partial charge in [0.1, 0.15) is 5.82 Å². The van der Waals surface area contributed by atoms with Gasteiger partial charge in [0, 0.05) is 18.5 Å². The average molecular weight is 413 g/mol. The van der Waals surface area contributed by atoms with Crippen LogP contribution in [0.1, 0.15) is 39.0 Å². The Kier molecular flexibility index (Phi) is 5.54. The number of methoxy groups -OCH3 is 1. The minimum atomic E-state index is -0.451. The summed E-state index contributed by atoms with van der Waals surface area (Å²) < 4.78 is 7.03. The number of nitrogens with zero attached hydrogens (tertiary/aromatic N) is 2. The topological polar surface area (TPSA) is 87.2 Å². The van der Waals surface area contributed by atoms with E-state index in [1.54, 1.807) is 18.2 Å². The molecule has 0 saturated carbocycles. The zero-order valence-corrected chi connectivity index (χ0v) is 17.5. The third-order valence-electron chi connectivity index (χ3n) is 5.37. The molecule has 0 radical (unpaired) electrons. The molecule has 0 saturated heterocycles. The second-order valence-corrected chi connectivity index (χ2v) is 7.24. The van der Waals surface area contributed by atoms with Gasteiger partial charge in [-0.2, -0.15) is 0 Å². The standard InChI is InChI=1S/C25H23N3O3/c1-3-22-27-21-10-6-9-20(25(30)31-2)23(21)28(22)15-16-11-13-17(14-12-16)18-7-4-5-8-19(18)24(26)29/h4-14H,3,15H2,1-2H3,(H2,26,29). The summed E-state index contributed by atoms with van der Waals surface area (Å²) in [6.07, 6.45) is 0.735. The molecule has 6 nitrogen and oxygen atoms in total. The first-order valence-corrected chi connectivity index (χ1v) is 10.1. The van der Waals surface area contributed by atoms with Gasteiger partial charge in [0.25, 0.3) is 0 Å². The maximum absolute atomic E-state index is 12.3. The van der Waals surface area contributed by atoms with Crippen molar-refractivity contribution in [2.45, 2.75) is 19.9 Å². The predicted molar refractivity (Wildman–Crippen MR) is 120 cm³/mol. The summed E-state index contributed by atoms with van der Waals surface area (Å²) in [6, 6.07) is 20.8. The Labute approximate surface area is 180 Å². The fourth-order valence-corrected chi connectivity index (χ4v) is 3.87. The highest BCUT2D eigenvalue weighted by Crippen LogP contribution is 2.26. The number of nitrogens with two attached hydrogens (primary N) is 1. The minimum absolute atomic E-state index is 0.382. The Bertz CT molecular complexity index is 1270. The smallest absolute Gasteiger partial charge is 0.340 e. The maximum Gasteiger partial charge on any atom is 0.340 e. The lowest BCUT2D eigenvalue weighted by Crippen LogP contribution is -2.12. The molecular weight excluding hydrogens is 390 g/mol. The average Bonchev–Trinajstić information content (AvgIpc) is 3.16. The summed E-state index contributed by atoms with van der Waals surface area (Å²) in [7, 11) is 1.38. The van der Waals surface area contributed by atoms with Gasteiger partial charge in [0.05, 0.1) is 23.7 Å². The third-order valence-corrected chi connectivity index (χ3v) is 5.37. The van der Waals surface area contributed by atoms with E-state index in [1.807, 2.05) is 55.5 Å². The number of aryl methyl sites for hydroxylation is 1. The van der Waals surface area contributed by atoms with Gasteiger partial charge in [-0.05, 0) is 34.9 Å². The molecule has 0 aliphatic rings. The lowest BCUT2D eigenvalue weighted by Gasteiger charge is -2.12. The van der Waals surface area contributed by atoms with E-state index in [2.05, 4.69) is 4.57 Å². The molecule has 1 amide bonds. The van der Waals surface area contributed by atoms with E-state index in [0.29, 0.717) is 17.7 Å². The predicted octanol–water partition coefficient (Wildman–Crippen LogP) is 4.20. The molecule has 0 aliphatic heterocycles. The number of rotatable bonds is 6. The van der Waals surface area contributed by atoms with Gasteiger partial charge >= 0.3 is 5.97 Å². The van der Waals surface area contributed by atoms with Crippen LogP contribution in [0.15, 0.2) is 66.7 Å². The van der Waals surface area contributed by atoms with E-state index < -0.39 is 5.91 Å². The van der Waals surface area contributed by atoms with Crippen molar-refractivity contribution in [3.8, 4) is 11.1 Å². The normalized spacial score (nSPS) is 10.9. The largest absolute Gasteiger partial charge is 0.465 e. The van der Waals surface area contributed by atoms with Gasteiger partial charge in [-0.15, -0.1) is 0 Å². The number of hydrogen-bond acceptors (Lipinski definition) is 4. The number of para-hydroxylation sites is 1. The maximum atomic E-state index is 12.3. The number of carbonyl (C=O) groups is 2. The van der Waals surface area contributed by atoms with Crippen LogP contribution in [0.25, 0.3) is 22.2 Å². The van der Waals surface area contributed by atoms with Gasteiger partial charge in [-0.25, -0.2) is 9.78 Å². The molecule has 2 N–H and O–H groups in total. The molecule has 0 atom stereocenters. The van der Waals surface area contributed by atoms with E-state index in [9.17, 15) is 9.59 Å². The molecule has 4 aromatic rings. The summed E-state index contributed by atoms with van der Waals surface area (Å²) in [6.45, 7) is 2.60. The number of benzene rings is 3. The number of primary amides is 1. The van der Waals surface area contributed by atoms with Crippen LogP contribution < -0.4 is 5.73 Å². The van der Waals surface area contributed by atoms with Crippen LogP contribution in [-0.2, 0) is 17.7 Å². The van der Waals surface area contributed by atoms with E-state index in [1.165, 1.54) is 7.11 Å². The van der Waals surface area contributed by atoms with Gasteiger partial charge in [-0.3, -0.25) is 4.79 Å². The quantitative estimate of drug-likeness (QED) is 0.480. The van der Waals surface area contributed by atoms with Crippen LogP contribution >= 0.6 is 0 Å². The number of carbonyl (C=O) groups excluding carboxylic acids is 2. The van der Waals surface area contributed by atoms with Crippen molar-refractivity contribution in [1.82, 2.24) is 9.55 Å². The summed E-state index contributed by atoms with van der Waals surface area (Å²) >= 11 is 0. The Hall–Kier alpha value is -3.93. The van der Waals surface area contributed by atoms with Gasteiger partial charge in [0.2, 0.25) is 5.91 Å². The first-order valence-electron chi connectivity index (χ1n) is 10.1. The number of amides is 1. The highest BCUT2D eigenvalue weighted by molar-refractivity contribution is 6.02. The Morgan fingerprint density at radius 1 is 0.968 bits per heavy atom. The molecule has 1 heterocycles. The van der Waals surface area contributed by atoms with E-state index in [0.717, 1.165) is 40.0 Å². The third kappa shape index (κ3) is 3.80. The molecule has 0 bridgehead atoms. The van der Waals surface area contributed by atoms with Gasteiger partial charge < -0.3 is 15.0 Å². The monoisotopic (exact) mass is 413 g/mol. The number of imidazole rings is 1. The van der Waals surface area contributed by atoms with Gasteiger partial charge in [-0.1, -0.05) is 55.5 Å². The molecule has 6 heteroatoms. The van der Waals surface area contributed by atoms with Crippen molar-refractivity contribution < 1.29 is 14.3 Å². The van der Waals surface area contributed by atoms with E-state index in [-0.39, 0.29) is 5.97 Å². The molecule has 0 fully saturated rings. The molecule has 0 spiro atoms. The van der Waals surface area contributed by atoms with Crippen LogP contribution in [0.5, 0.6) is 0 Å². The molecule has 0 aliphatic carbocycles. The minimum Gasteiger partial charge on any atom is -0.465 e. The molecule has 31 heavy (non-hydrogen) atoms. The molecule has 0 unspecified atom stereocenters. The number of ether oxygens (including phenoxy) is 1.